The lowest BCUT2D eigenvalue weighted by molar-refractivity contribution is -0.148. The Morgan fingerprint density at radius 2 is 2.00 bits per heavy atom. The standard InChI is InChI=1S/C20H18BrNO3/c1-24-19(23)20(14-7-3-2-4-8-14)11-16-17(12-20)25-22-18(16)13-6-5-9-15(21)10-13/h2-10,16-17H,11-12H2,1H3/t16-,17+,20-/m1/s1. The third-order valence-electron chi connectivity index (χ3n) is 5.23. The van der Waals surface area contributed by atoms with Crippen molar-refractivity contribution in [3.63, 3.8) is 0 Å². The van der Waals surface area contributed by atoms with E-state index < -0.39 is 5.41 Å². The van der Waals surface area contributed by atoms with Gasteiger partial charge in [0.1, 0.15) is 6.10 Å². The first kappa shape index (κ1) is 16.3. The highest BCUT2D eigenvalue weighted by molar-refractivity contribution is 9.10. The molecule has 4 nitrogen and oxygen atoms in total. The number of fused-ring (bicyclic) bond motifs is 1. The van der Waals surface area contributed by atoms with E-state index in [-0.39, 0.29) is 18.0 Å². The van der Waals surface area contributed by atoms with E-state index in [2.05, 4.69) is 21.1 Å². The number of nitrogens with zero attached hydrogens (tertiary/aromatic N) is 1. The molecule has 0 spiro atoms. The molecule has 0 saturated heterocycles. The zero-order valence-electron chi connectivity index (χ0n) is 13.8. The molecule has 2 aromatic rings. The van der Waals surface area contributed by atoms with E-state index in [0.29, 0.717) is 12.8 Å². The van der Waals surface area contributed by atoms with Crippen LogP contribution in [-0.4, -0.2) is 24.9 Å². The number of methoxy groups -OCH3 is 1. The minimum atomic E-state index is -0.682. The monoisotopic (exact) mass is 399 g/mol. The molecule has 0 amide bonds. The Morgan fingerprint density at radius 3 is 2.72 bits per heavy atom. The van der Waals surface area contributed by atoms with E-state index in [1.807, 2.05) is 54.6 Å². The van der Waals surface area contributed by atoms with Crippen LogP contribution in [-0.2, 0) is 19.8 Å². The van der Waals surface area contributed by atoms with E-state index >= 15 is 0 Å². The van der Waals surface area contributed by atoms with Crippen LogP contribution in [0.1, 0.15) is 24.0 Å². The fourth-order valence-corrected chi connectivity index (χ4v) is 4.44. The number of hydrogen-bond donors (Lipinski definition) is 0. The second-order valence-corrected chi connectivity index (χ2v) is 7.50. The van der Waals surface area contributed by atoms with E-state index in [4.69, 9.17) is 9.57 Å². The Balaban J connectivity index is 1.71. The summed E-state index contributed by atoms with van der Waals surface area (Å²) in [5.74, 6) is -0.126. The van der Waals surface area contributed by atoms with Crippen molar-refractivity contribution in [2.75, 3.05) is 7.11 Å². The summed E-state index contributed by atoms with van der Waals surface area (Å²) < 4.78 is 6.17. The molecule has 0 bridgehead atoms. The third kappa shape index (κ3) is 2.67. The lowest BCUT2D eigenvalue weighted by atomic mass is 9.77. The number of carbonyl (C=O) groups is 1. The Hall–Kier alpha value is -2.14. The van der Waals surface area contributed by atoms with Gasteiger partial charge in [0.2, 0.25) is 0 Å². The van der Waals surface area contributed by atoms with Crippen molar-refractivity contribution in [1.82, 2.24) is 0 Å². The van der Waals surface area contributed by atoms with Gasteiger partial charge in [-0.3, -0.25) is 4.79 Å². The summed E-state index contributed by atoms with van der Waals surface area (Å²) in [6.45, 7) is 0. The Kier molecular flexibility index (Phi) is 4.12. The SMILES string of the molecule is COC(=O)[C@@]1(c2ccccc2)C[C@@H]2ON=C(c3cccc(Br)c3)[C@@H]2C1. The van der Waals surface area contributed by atoms with Crippen LogP contribution in [0.5, 0.6) is 0 Å². The molecule has 1 heterocycles. The van der Waals surface area contributed by atoms with Gasteiger partial charge < -0.3 is 9.57 Å². The molecule has 5 heteroatoms. The van der Waals surface area contributed by atoms with E-state index in [1.165, 1.54) is 7.11 Å². The highest BCUT2D eigenvalue weighted by Gasteiger charge is 2.56. The van der Waals surface area contributed by atoms with Crippen molar-refractivity contribution >= 4 is 27.6 Å². The average Bonchev–Trinajstić information content (AvgIpc) is 3.20. The van der Waals surface area contributed by atoms with Gasteiger partial charge in [-0.25, -0.2) is 0 Å². The maximum atomic E-state index is 12.7. The van der Waals surface area contributed by atoms with E-state index in [9.17, 15) is 4.79 Å². The number of ether oxygens (including phenoxy) is 1. The van der Waals surface area contributed by atoms with E-state index in [0.717, 1.165) is 21.3 Å². The van der Waals surface area contributed by atoms with Gasteiger partial charge in [0.15, 0.2) is 0 Å². The lowest BCUT2D eigenvalue weighted by Crippen LogP contribution is -2.35. The van der Waals surface area contributed by atoms with Crippen LogP contribution in [0, 0.1) is 5.92 Å². The van der Waals surface area contributed by atoms with Crippen molar-refractivity contribution in [2.45, 2.75) is 24.4 Å². The van der Waals surface area contributed by atoms with Crippen LogP contribution in [0.25, 0.3) is 0 Å². The molecule has 0 radical (unpaired) electrons. The number of hydrogen-bond acceptors (Lipinski definition) is 4. The average molecular weight is 400 g/mol. The van der Waals surface area contributed by atoms with E-state index in [1.54, 1.807) is 0 Å². The first-order chi connectivity index (χ1) is 12.1. The summed E-state index contributed by atoms with van der Waals surface area (Å²) in [5, 5.41) is 4.32. The lowest BCUT2D eigenvalue weighted by Gasteiger charge is -2.27. The minimum Gasteiger partial charge on any atom is -0.468 e. The van der Waals surface area contributed by atoms with Gasteiger partial charge in [0, 0.05) is 22.4 Å². The highest BCUT2D eigenvalue weighted by Crippen LogP contribution is 2.49. The molecule has 0 aromatic heterocycles. The zero-order chi connectivity index (χ0) is 17.4. The molecule has 25 heavy (non-hydrogen) atoms. The largest absolute Gasteiger partial charge is 0.468 e. The second kappa shape index (κ2) is 6.30. The molecular formula is C20H18BrNO3. The highest BCUT2D eigenvalue weighted by atomic mass is 79.9. The predicted octanol–water partition coefficient (Wildman–Crippen LogP) is 4.07. The Labute approximate surface area is 155 Å². The smallest absolute Gasteiger partial charge is 0.316 e. The van der Waals surface area contributed by atoms with Crippen molar-refractivity contribution in [1.29, 1.82) is 0 Å². The van der Waals surface area contributed by atoms with Crippen LogP contribution in [0.2, 0.25) is 0 Å². The predicted molar refractivity (Wildman–Crippen MR) is 98.4 cm³/mol. The molecule has 4 rings (SSSR count). The molecule has 128 valence electrons. The van der Waals surface area contributed by atoms with Gasteiger partial charge in [-0.1, -0.05) is 63.6 Å². The molecule has 1 saturated carbocycles. The van der Waals surface area contributed by atoms with Crippen LogP contribution < -0.4 is 0 Å². The van der Waals surface area contributed by atoms with Gasteiger partial charge in [-0.2, -0.15) is 0 Å². The first-order valence-corrected chi connectivity index (χ1v) is 9.07. The number of halogens is 1. The zero-order valence-corrected chi connectivity index (χ0v) is 15.4. The van der Waals surface area contributed by atoms with Crippen molar-refractivity contribution in [3.05, 3.63) is 70.2 Å². The summed E-state index contributed by atoms with van der Waals surface area (Å²) >= 11 is 3.51. The van der Waals surface area contributed by atoms with Crippen LogP contribution in [0.3, 0.4) is 0 Å². The number of oxime groups is 1. The number of carbonyl (C=O) groups excluding carboxylic acids is 1. The Morgan fingerprint density at radius 1 is 1.20 bits per heavy atom. The number of esters is 1. The summed E-state index contributed by atoms with van der Waals surface area (Å²) in [6.07, 6.45) is 1.11. The summed E-state index contributed by atoms with van der Waals surface area (Å²) in [6, 6.07) is 17.9. The summed E-state index contributed by atoms with van der Waals surface area (Å²) in [7, 11) is 1.45. The van der Waals surface area contributed by atoms with Gasteiger partial charge in [0.25, 0.3) is 0 Å². The maximum Gasteiger partial charge on any atom is 0.316 e. The quantitative estimate of drug-likeness (QED) is 0.730. The molecule has 2 aromatic carbocycles. The topological polar surface area (TPSA) is 47.9 Å². The molecule has 0 N–H and O–H groups in total. The molecule has 1 aliphatic carbocycles. The Bertz CT molecular complexity index is 836. The second-order valence-electron chi connectivity index (χ2n) is 6.59. The molecular weight excluding hydrogens is 382 g/mol. The number of rotatable bonds is 3. The summed E-state index contributed by atoms with van der Waals surface area (Å²) in [5.41, 5.74) is 2.23. The van der Waals surface area contributed by atoms with Gasteiger partial charge in [-0.05, 0) is 24.1 Å². The van der Waals surface area contributed by atoms with Crippen molar-refractivity contribution in [2.24, 2.45) is 11.1 Å². The molecule has 1 aliphatic heterocycles. The van der Waals surface area contributed by atoms with Gasteiger partial charge in [0.05, 0.1) is 18.2 Å². The number of benzene rings is 2. The van der Waals surface area contributed by atoms with Crippen molar-refractivity contribution < 1.29 is 14.4 Å². The van der Waals surface area contributed by atoms with Crippen molar-refractivity contribution in [3.8, 4) is 0 Å². The van der Waals surface area contributed by atoms with Gasteiger partial charge in [-0.15, -0.1) is 0 Å². The molecule has 2 aliphatic rings. The van der Waals surface area contributed by atoms with Crippen LogP contribution in [0.15, 0.2) is 64.2 Å². The fourth-order valence-electron chi connectivity index (χ4n) is 4.04. The van der Waals surface area contributed by atoms with Crippen LogP contribution in [0.4, 0.5) is 0 Å². The van der Waals surface area contributed by atoms with Gasteiger partial charge >= 0.3 is 5.97 Å². The summed E-state index contributed by atoms with van der Waals surface area (Å²) in [4.78, 5) is 18.5. The van der Waals surface area contributed by atoms with Crippen LogP contribution >= 0.6 is 15.9 Å². The fraction of sp³-hybridized carbons (Fsp3) is 0.300. The molecule has 1 fully saturated rings. The third-order valence-corrected chi connectivity index (χ3v) is 5.72. The minimum absolute atomic E-state index is 0.0774. The first-order valence-electron chi connectivity index (χ1n) is 8.28. The molecule has 0 unspecified atom stereocenters. The maximum absolute atomic E-state index is 12.7. The normalized spacial score (nSPS) is 27.4. The molecule has 3 atom stereocenters.